The van der Waals surface area contributed by atoms with E-state index in [2.05, 4.69) is 35.6 Å². The van der Waals surface area contributed by atoms with Crippen molar-refractivity contribution in [2.45, 2.75) is 59.0 Å². The smallest absolute Gasteiger partial charge is 0.253 e. The van der Waals surface area contributed by atoms with Gasteiger partial charge in [0.25, 0.3) is 5.56 Å². The molecule has 1 aliphatic heterocycles. The third-order valence-electron chi connectivity index (χ3n) is 5.03. The van der Waals surface area contributed by atoms with E-state index in [4.69, 9.17) is 4.42 Å². The van der Waals surface area contributed by atoms with Gasteiger partial charge in [-0.3, -0.25) is 14.3 Å². The lowest BCUT2D eigenvalue weighted by atomic mass is 9.92. The summed E-state index contributed by atoms with van der Waals surface area (Å²) in [5, 5.41) is 0. The summed E-state index contributed by atoms with van der Waals surface area (Å²) in [6, 6.07) is 1.68. The Morgan fingerprint density at radius 1 is 1.24 bits per heavy atom. The molecule has 2 aromatic heterocycles. The number of aryl methyl sites for hydroxylation is 1. The monoisotopic (exact) mass is 344 g/mol. The van der Waals surface area contributed by atoms with Crippen LogP contribution in [0.5, 0.6) is 0 Å². The molecule has 1 fully saturated rings. The molecule has 2 aromatic rings. The average Bonchev–Trinajstić information content (AvgIpc) is 2.95. The van der Waals surface area contributed by atoms with Crippen LogP contribution in [0.1, 0.15) is 50.8 Å². The number of hydrogen-bond acceptors (Lipinski definition) is 5. The highest BCUT2D eigenvalue weighted by molar-refractivity contribution is 5.10. The van der Waals surface area contributed by atoms with Crippen LogP contribution in [0, 0.1) is 12.8 Å². The first-order chi connectivity index (χ1) is 11.8. The van der Waals surface area contributed by atoms with E-state index in [0.29, 0.717) is 5.92 Å². The number of hydrogen-bond donors (Lipinski definition) is 0. The molecule has 6 nitrogen and oxygen atoms in total. The molecule has 0 radical (unpaired) electrons. The van der Waals surface area contributed by atoms with Gasteiger partial charge in [-0.05, 0) is 38.8 Å². The maximum atomic E-state index is 12.4. The van der Waals surface area contributed by atoms with Crippen molar-refractivity contribution in [2.24, 2.45) is 5.92 Å². The highest BCUT2D eigenvalue weighted by Gasteiger charge is 2.22. The first-order valence-corrected chi connectivity index (χ1v) is 9.01. The Bertz CT molecular complexity index is 764. The topological polar surface area (TPSA) is 64.2 Å². The zero-order valence-electron chi connectivity index (χ0n) is 15.7. The van der Waals surface area contributed by atoms with Gasteiger partial charge in [-0.1, -0.05) is 20.8 Å². The van der Waals surface area contributed by atoms with Crippen molar-refractivity contribution in [1.82, 2.24) is 19.4 Å². The van der Waals surface area contributed by atoms with E-state index in [0.717, 1.165) is 56.2 Å². The highest BCUT2D eigenvalue weighted by atomic mass is 16.3. The molecule has 25 heavy (non-hydrogen) atoms. The predicted octanol–water partition coefficient (Wildman–Crippen LogP) is 2.75. The Balaban J connectivity index is 1.56. The molecule has 0 bridgehead atoms. The fourth-order valence-electron chi connectivity index (χ4n) is 3.27. The molecular weight excluding hydrogens is 316 g/mol. The summed E-state index contributed by atoms with van der Waals surface area (Å²) in [6.45, 7) is 11.8. The van der Waals surface area contributed by atoms with Crippen LogP contribution in [0.15, 0.2) is 28.0 Å². The van der Waals surface area contributed by atoms with Crippen LogP contribution in [-0.4, -0.2) is 32.5 Å². The number of likely N-dealkylation sites (tertiary alicyclic amines) is 1. The van der Waals surface area contributed by atoms with E-state index in [-0.39, 0.29) is 11.0 Å². The van der Waals surface area contributed by atoms with Crippen molar-refractivity contribution in [3.8, 4) is 0 Å². The summed E-state index contributed by atoms with van der Waals surface area (Å²) >= 11 is 0. The average molecular weight is 344 g/mol. The largest absolute Gasteiger partial charge is 0.448 e. The molecule has 1 saturated heterocycles. The second kappa shape index (κ2) is 7.12. The highest BCUT2D eigenvalue weighted by Crippen LogP contribution is 2.21. The third kappa shape index (κ3) is 4.37. The zero-order valence-corrected chi connectivity index (χ0v) is 15.7. The Morgan fingerprint density at radius 3 is 2.52 bits per heavy atom. The lowest BCUT2D eigenvalue weighted by molar-refractivity contribution is 0.164. The second-order valence-electron chi connectivity index (χ2n) is 8.09. The summed E-state index contributed by atoms with van der Waals surface area (Å²) in [6.07, 6.45) is 5.40. The molecule has 0 aliphatic carbocycles. The standard InChI is InChI=1S/C19H28N4O2/c1-14-16(21-13-25-14)11-22-7-5-15(6-8-22)10-23-12-20-17(9-18(23)24)19(2,3)4/h9,12-13,15H,5-8,10-11H2,1-4H3. The van der Waals surface area contributed by atoms with E-state index in [1.807, 2.05) is 6.92 Å². The third-order valence-corrected chi connectivity index (χ3v) is 5.03. The number of nitrogens with zero attached hydrogens (tertiary/aromatic N) is 4. The zero-order chi connectivity index (χ0) is 18.0. The molecule has 3 rings (SSSR count). The van der Waals surface area contributed by atoms with Crippen LogP contribution in [0.25, 0.3) is 0 Å². The van der Waals surface area contributed by atoms with Gasteiger partial charge < -0.3 is 4.42 Å². The van der Waals surface area contributed by atoms with Crippen molar-refractivity contribution in [3.63, 3.8) is 0 Å². The van der Waals surface area contributed by atoms with Crippen LogP contribution in [0.2, 0.25) is 0 Å². The minimum Gasteiger partial charge on any atom is -0.448 e. The fourth-order valence-corrected chi connectivity index (χ4v) is 3.27. The molecule has 0 atom stereocenters. The first-order valence-electron chi connectivity index (χ1n) is 9.01. The Labute approximate surface area is 148 Å². The van der Waals surface area contributed by atoms with E-state index in [9.17, 15) is 4.79 Å². The molecule has 3 heterocycles. The van der Waals surface area contributed by atoms with E-state index in [1.54, 1.807) is 17.0 Å². The minimum absolute atomic E-state index is 0.0561. The van der Waals surface area contributed by atoms with Gasteiger partial charge in [-0.15, -0.1) is 0 Å². The first kappa shape index (κ1) is 17.9. The van der Waals surface area contributed by atoms with E-state index in [1.165, 1.54) is 6.39 Å². The lowest BCUT2D eigenvalue weighted by Crippen LogP contribution is -2.36. The molecular formula is C19H28N4O2. The molecule has 0 amide bonds. The lowest BCUT2D eigenvalue weighted by Gasteiger charge is -2.31. The van der Waals surface area contributed by atoms with Gasteiger partial charge >= 0.3 is 0 Å². The molecule has 0 N–H and O–H groups in total. The van der Waals surface area contributed by atoms with Crippen molar-refractivity contribution >= 4 is 0 Å². The number of rotatable bonds is 4. The van der Waals surface area contributed by atoms with Crippen LogP contribution >= 0.6 is 0 Å². The molecule has 0 saturated carbocycles. The number of piperidine rings is 1. The van der Waals surface area contributed by atoms with Crippen LogP contribution in [0.4, 0.5) is 0 Å². The maximum Gasteiger partial charge on any atom is 0.253 e. The molecule has 136 valence electrons. The van der Waals surface area contributed by atoms with Gasteiger partial charge in [-0.25, -0.2) is 9.97 Å². The molecule has 1 aliphatic rings. The summed E-state index contributed by atoms with van der Waals surface area (Å²) in [5.41, 5.74) is 1.84. The van der Waals surface area contributed by atoms with Crippen LogP contribution in [-0.2, 0) is 18.5 Å². The normalized spacial score (nSPS) is 17.1. The minimum atomic E-state index is -0.0944. The van der Waals surface area contributed by atoms with Crippen molar-refractivity contribution in [2.75, 3.05) is 13.1 Å². The Morgan fingerprint density at radius 2 is 1.96 bits per heavy atom. The van der Waals surface area contributed by atoms with Crippen LogP contribution in [0.3, 0.4) is 0 Å². The summed E-state index contributed by atoms with van der Waals surface area (Å²) in [4.78, 5) is 23.5. The summed E-state index contributed by atoms with van der Waals surface area (Å²) < 4.78 is 7.03. The predicted molar refractivity (Wildman–Crippen MR) is 96.4 cm³/mol. The van der Waals surface area contributed by atoms with Gasteiger partial charge in [0.05, 0.1) is 17.7 Å². The van der Waals surface area contributed by atoms with Crippen LogP contribution < -0.4 is 5.56 Å². The summed E-state index contributed by atoms with van der Waals surface area (Å²) in [7, 11) is 0. The number of aromatic nitrogens is 3. The SMILES string of the molecule is Cc1ocnc1CN1CCC(Cn2cnc(C(C)(C)C)cc2=O)CC1. The van der Waals surface area contributed by atoms with Gasteiger partial charge in [0.1, 0.15) is 5.76 Å². The Hall–Kier alpha value is -1.95. The number of oxazole rings is 1. The van der Waals surface area contributed by atoms with Gasteiger partial charge in [0, 0.05) is 24.6 Å². The van der Waals surface area contributed by atoms with Gasteiger partial charge in [0.15, 0.2) is 6.39 Å². The maximum absolute atomic E-state index is 12.4. The van der Waals surface area contributed by atoms with E-state index < -0.39 is 0 Å². The molecule has 0 aromatic carbocycles. The Kier molecular flexibility index (Phi) is 5.08. The van der Waals surface area contributed by atoms with Crippen molar-refractivity contribution in [1.29, 1.82) is 0 Å². The summed E-state index contributed by atoms with van der Waals surface area (Å²) in [5.74, 6) is 1.42. The molecule has 6 heteroatoms. The van der Waals surface area contributed by atoms with Crippen molar-refractivity contribution < 1.29 is 4.42 Å². The fraction of sp³-hybridized carbons (Fsp3) is 0.632. The van der Waals surface area contributed by atoms with Crippen molar-refractivity contribution in [3.05, 3.63) is 46.3 Å². The molecule has 0 spiro atoms. The quantitative estimate of drug-likeness (QED) is 0.853. The molecule has 0 unspecified atom stereocenters. The van der Waals surface area contributed by atoms with Gasteiger partial charge in [-0.2, -0.15) is 0 Å². The van der Waals surface area contributed by atoms with Gasteiger partial charge in [0.2, 0.25) is 0 Å². The van der Waals surface area contributed by atoms with E-state index >= 15 is 0 Å². The second-order valence-corrected chi connectivity index (χ2v) is 8.09.